The Kier molecular flexibility index (Phi) is 3.64. The van der Waals surface area contributed by atoms with E-state index in [1.807, 2.05) is 13.8 Å². The van der Waals surface area contributed by atoms with E-state index < -0.39 is 16.8 Å². The van der Waals surface area contributed by atoms with Gasteiger partial charge in [0.25, 0.3) is 0 Å². The van der Waals surface area contributed by atoms with Crippen molar-refractivity contribution in [2.24, 2.45) is 0 Å². The summed E-state index contributed by atoms with van der Waals surface area (Å²) >= 11 is 1.49. The molecular formula is C13H17NO4S. The molecule has 104 valence electrons. The van der Waals surface area contributed by atoms with Crippen LogP contribution in [0.3, 0.4) is 0 Å². The Labute approximate surface area is 116 Å². The molecule has 1 saturated heterocycles. The SMILES string of the molecule is COc1ccc([C@H]2N[C@H](C(=O)O)C(C)(C)S2)c(O)c1. The summed E-state index contributed by atoms with van der Waals surface area (Å²) in [6.45, 7) is 3.76. The molecule has 1 aromatic carbocycles. The maximum atomic E-state index is 11.2. The number of phenols is 1. The van der Waals surface area contributed by atoms with Crippen molar-refractivity contribution in [3.63, 3.8) is 0 Å². The third-order valence-corrected chi connectivity index (χ3v) is 4.67. The predicted octanol–water partition coefficient (Wildman–Crippen LogP) is 1.97. The lowest BCUT2D eigenvalue weighted by molar-refractivity contribution is -0.139. The smallest absolute Gasteiger partial charge is 0.322 e. The number of methoxy groups -OCH3 is 1. The lowest BCUT2D eigenvalue weighted by atomic mass is 10.0. The first kappa shape index (κ1) is 14.0. The first-order valence-corrected chi connectivity index (χ1v) is 6.76. The molecule has 5 nitrogen and oxygen atoms in total. The zero-order chi connectivity index (χ0) is 14.2. The number of aromatic hydroxyl groups is 1. The van der Waals surface area contributed by atoms with Crippen molar-refractivity contribution in [1.82, 2.24) is 5.32 Å². The second-order valence-electron chi connectivity index (χ2n) is 4.96. The second-order valence-corrected chi connectivity index (χ2v) is 6.72. The Morgan fingerprint density at radius 2 is 2.16 bits per heavy atom. The number of nitrogens with one attached hydrogen (secondary N) is 1. The largest absolute Gasteiger partial charge is 0.507 e. The summed E-state index contributed by atoms with van der Waals surface area (Å²) in [5.41, 5.74) is 0.669. The van der Waals surface area contributed by atoms with Gasteiger partial charge in [0, 0.05) is 16.4 Å². The van der Waals surface area contributed by atoms with Crippen LogP contribution in [0.15, 0.2) is 18.2 Å². The van der Waals surface area contributed by atoms with Gasteiger partial charge in [-0.3, -0.25) is 10.1 Å². The van der Waals surface area contributed by atoms with Crippen LogP contribution in [0.4, 0.5) is 0 Å². The number of hydrogen-bond acceptors (Lipinski definition) is 5. The minimum atomic E-state index is -0.881. The van der Waals surface area contributed by atoms with Crippen molar-refractivity contribution in [3.05, 3.63) is 23.8 Å². The predicted molar refractivity (Wildman–Crippen MR) is 73.6 cm³/mol. The maximum Gasteiger partial charge on any atom is 0.322 e. The van der Waals surface area contributed by atoms with E-state index in [1.54, 1.807) is 12.1 Å². The molecule has 0 unspecified atom stereocenters. The van der Waals surface area contributed by atoms with Crippen LogP contribution in [-0.2, 0) is 4.79 Å². The maximum absolute atomic E-state index is 11.2. The number of phenolic OH excluding ortho intramolecular Hbond substituents is 1. The van der Waals surface area contributed by atoms with Crippen LogP contribution in [0.1, 0.15) is 24.8 Å². The van der Waals surface area contributed by atoms with Gasteiger partial charge in [-0.15, -0.1) is 11.8 Å². The summed E-state index contributed by atoms with van der Waals surface area (Å²) in [6.07, 6.45) is 0. The Balaban J connectivity index is 2.27. The molecule has 0 bridgehead atoms. The van der Waals surface area contributed by atoms with Gasteiger partial charge in [0.1, 0.15) is 17.5 Å². The summed E-state index contributed by atoms with van der Waals surface area (Å²) in [5.74, 6) is -0.211. The van der Waals surface area contributed by atoms with E-state index >= 15 is 0 Å². The highest BCUT2D eigenvalue weighted by Gasteiger charge is 2.46. The molecule has 1 fully saturated rings. The number of thioether (sulfide) groups is 1. The van der Waals surface area contributed by atoms with Gasteiger partial charge in [-0.25, -0.2) is 0 Å². The van der Waals surface area contributed by atoms with E-state index in [0.29, 0.717) is 11.3 Å². The van der Waals surface area contributed by atoms with Gasteiger partial charge in [0.15, 0.2) is 0 Å². The molecule has 0 saturated carbocycles. The topological polar surface area (TPSA) is 78.8 Å². The minimum absolute atomic E-state index is 0.103. The van der Waals surface area contributed by atoms with Gasteiger partial charge in [0.05, 0.1) is 12.5 Å². The number of carboxylic acids is 1. The Bertz CT molecular complexity index is 503. The van der Waals surface area contributed by atoms with Gasteiger partial charge in [-0.05, 0) is 26.0 Å². The second kappa shape index (κ2) is 4.94. The summed E-state index contributed by atoms with van der Waals surface area (Å²) in [5, 5.41) is 22.0. The van der Waals surface area contributed by atoms with Gasteiger partial charge in [0.2, 0.25) is 0 Å². The Hall–Kier alpha value is -1.40. The molecule has 6 heteroatoms. The third kappa shape index (κ3) is 2.64. The highest BCUT2D eigenvalue weighted by molar-refractivity contribution is 8.01. The van der Waals surface area contributed by atoms with E-state index in [-0.39, 0.29) is 11.1 Å². The fourth-order valence-corrected chi connectivity index (χ4v) is 3.59. The Morgan fingerprint density at radius 3 is 2.63 bits per heavy atom. The van der Waals surface area contributed by atoms with Crippen molar-refractivity contribution >= 4 is 17.7 Å². The van der Waals surface area contributed by atoms with E-state index in [2.05, 4.69) is 5.32 Å². The van der Waals surface area contributed by atoms with E-state index in [1.165, 1.54) is 24.9 Å². The average molecular weight is 283 g/mol. The summed E-state index contributed by atoms with van der Waals surface area (Å²) in [6, 6.07) is 4.37. The standard InChI is InChI=1S/C13H17NO4S/c1-13(2)10(12(16)17)14-11(19-13)8-5-4-7(18-3)6-9(8)15/h4-6,10-11,14-15H,1-3H3,(H,16,17)/t10-,11+/m1/s1. The summed E-state index contributed by atoms with van der Waals surface area (Å²) < 4.78 is 4.59. The van der Waals surface area contributed by atoms with Crippen LogP contribution in [0, 0.1) is 0 Å². The van der Waals surface area contributed by atoms with Crippen molar-refractivity contribution in [1.29, 1.82) is 0 Å². The number of aliphatic carboxylic acids is 1. The molecule has 0 spiro atoms. The fraction of sp³-hybridized carbons (Fsp3) is 0.462. The van der Waals surface area contributed by atoms with Crippen molar-refractivity contribution in [2.75, 3.05) is 7.11 Å². The van der Waals surface area contributed by atoms with Gasteiger partial charge >= 0.3 is 5.97 Å². The van der Waals surface area contributed by atoms with Crippen LogP contribution in [0.2, 0.25) is 0 Å². The zero-order valence-electron chi connectivity index (χ0n) is 11.0. The molecule has 0 amide bonds. The third-order valence-electron chi connectivity index (χ3n) is 3.20. The van der Waals surface area contributed by atoms with E-state index in [9.17, 15) is 15.0 Å². The average Bonchev–Trinajstić information content (AvgIpc) is 2.64. The van der Waals surface area contributed by atoms with Crippen LogP contribution in [-0.4, -0.2) is 34.1 Å². The fourth-order valence-electron chi connectivity index (χ4n) is 2.15. The van der Waals surface area contributed by atoms with E-state index in [4.69, 9.17) is 4.74 Å². The highest BCUT2D eigenvalue weighted by Crippen LogP contribution is 2.48. The van der Waals surface area contributed by atoms with Crippen LogP contribution in [0.5, 0.6) is 11.5 Å². The lowest BCUT2D eigenvalue weighted by Gasteiger charge is -2.20. The number of rotatable bonds is 3. The monoisotopic (exact) mass is 283 g/mol. The molecule has 0 aliphatic carbocycles. The van der Waals surface area contributed by atoms with Gasteiger partial charge in [-0.2, -0.15) is 0 Å². The molecule has 1 heterocycles. The molecular weight excluding hydrogens is 266 g/mol. The summed E-state index contributed by atoms with van der Waals surface area (Å²) in [7, 11) is 1.53. The number of hydrogen-bond donors (Lipinski definition) is 3. The van der Waals surface area contributed by atoms with Crippen molar-refractivity contribution in [2.45, 2.75) is 30.0 Å². The van der Waals surface area contributed by atoms with Crippen LogP contribution in [0.25, 0.3) is 0 Å². The highest BCUT2D eigenvalue weighted by atomic mass is 32.2. The zero-order valence-corrected chi connectivity index (χ0v) is 11.8. The van der Waals surface area contributed by atoms with Crippen LogP contribution < -0.4 is 10.1 Å². The molecule has 0 aromatic heterocycles. The number of carbonyl (C=O) groups is 1. The van der Waals surface area contributed by atoms with Crippen LogP contribution >= 0.6 is 11.8 Å². The number of ether oxygens (including phenoxy) is 1. The normalized spacial score (nSPS) is 25.2. The van der Waals surface area contributed by atoms with E-state index in [0.717, 1.165) is 0 Å². The molecule has 0 radical (unpaired) electrons. The molecule has 3 N–H and O–H groups in total. The van der Waals surface area contributed by atoms with Crippen molar-refractivity contribution < 1.29 is 19.7 Å². The van der Waals surface area contributed by atoms with Gasteiger partial charge in [-0.1, -0.05) is 0 Å². The Morgan fingerprint density at radius 1 is 1.47 bits per heavy atom. The first-order chi connectivity index (χ1) is 8.85. The minimum Gasteiger partial charge on any atom is -0.507 e. The quantitative estimate of drug-likeness (QED) is 0.787. The molecule has 1 aliphatic rings. The molecule has 19 heavy (non-hydrogen) atoms. The first-order valence-electron chi connectivity index (χ1n) is 5.88. The van der Waals surface area contributed by atoms with Crippen molar-refractivity contribution in [3.8, 4) is 11.5 Å². The lowest BCUT2D eigenvalue weighted by Crippen LogP contribution is -2.43. The molecule has 1 aromatic rings. The van der Waals surface area contributed by atoms with Gasteiger partial charge < -0.3 is 14.9 Å². The molecule has 2 atom stereocenters. The number of benzene rings is 1. The summed E-state index contributed by atoms with van der Waals surface area (Å²) in [4.78, 5) is 11.2. The molecule has 2 rings (SSSR count). The molecule has 1 aliphatic heterocycles. The number of carboxylic acid groups (broad SMARTS) is 1.